The van der Waals surface area contributed by atoms with Crippen LogP contribution in [0.3, 0.4) is 0 Å². The Balaban J connectivity index is 2.21. The van der Waals surface area contributed by atoms with E-state index < -0.39 is 6.10 Å². The first-order chi connectivity index (χ1) is 10.1. The molecule has 0 radical (unpaired) electrons. The summed E-state index contributed by atoms with van der Waals surface area (Å²) in [5.41, 5.74) is 2.63. The van der Waals surface area contributed by atoms with Gasteiger partial charge in [-0.1, -0.05) is 59.6 Å². The topological polar surface area (TPSA) is 20.2 Å². The summed E-state index contributed by atoms with van der Waals surface area (Å²) in [5.74, 6) is 0. The van der Waals surface area contributed by atoms with Crippen LogP contribution < -0.4 is 0 Å². The maximum Gasteiger partial charge on any atom is 0.105 e. The molecule has 1 atom stereocenters. The largest absolute Gasteiger partial charge is 0.384 e. The maximum absolute atomic E-state index is 10.8. The molecule has 0 saturated carbocycles. The van der Waals surface area contributed by atoms with Crippen LogP contribution in [0, 0.1) is 6.92 Å². The number of rotatable bonds is 2. The molecule has 0 bridgehead atoms. The van der Waals surface area contributed by atoms with Crippen molar-refractivity contribution in [2.24, 2.45) is 0 Å². The number of halogens is 2. The molecule has 3 aromatic carbocycles. The average Bonchev–Trinajstić information content (AvgIpc) is 2.45. The maximum atomic E-state index is 10.8. The third-order valence-electron chi connectivity index (χ3n) is 3.66. The zero-order valence-electron chi connectivity index (χ0n) is 11.5. The zero-order chi connectivity index (χ0) is 15.0. The Morgan fingerprint density at radius 2 is 1.57 bits per heavy atom. The first kappa shape index (κ1) is 14.4. The number of aliphatic hydroxyl groups excluding tert-OH is 1. The predicted octanol–water partition coefficient (Wildman–Crippen LogP) is 5.54. The van der Waals surface area contributed by atoms with E-state index >= 15 is 0 Å². The van der Waals surface area contributed by atoms with E-state index in [9.17, 15) is 5.11 Å². The molecule has 3 rings (SSSR count). The Bertz CT molecular complexity index is 791. The quantitative estimate of drug-likeness (QED) is 0.658. The van der Waals surface area contributed by atoms with Crippen LogP contribution in [0.15, 0.2) is 54.6 Å². The van der Waals surface area contributed by atoms with Crippen LogP contribution in [-0.2, 0) is 0 Å². The Kier molecular flexibility index (Phi) is 3.90. The molecule has 0 aliphatic carbocycles. The molecule has 0 aliphatic rings. The highest BCUT2D eigenvalue weighted by Crippen LogP contribution is 2.33. The summed E-state index contributed by atoms with van der Waals surface area (Å²) >= 11 is 12.1. The minimum absolute atomic E-state index is 0.523. The van der Waals surface area contributed by atoms with Crippen molar-refractivity contribution in [1.82, 2.24) is 0 Å². The first-order valence-corrected chi connectivity index (χ1v) is 7.44. The zero-order valence-corrected chi connectivity index (χ0v) is 13.0. The highest BCUT2D eigenvalue weighted by molar-refractivity contribution is 6.34. The standard InChI is InChI=1S/C18H14Cl2O/c1-11-6-7-12-4-2-3-5-16(12)17(11)18(21)13-8-14(19)10-15(20)9-13/h2-10,18,21H,1H3. The SMILES string of the molecule is Cc1ccc2ccccc2c1C(O)c1cc(Cl)cc(Cl)c1. The molecule has 1 nitrogen and oxygen atoms in total. The lowest BCUT2D eigenvalue weighted by molar-refractivity contribution is 0.221. The van der Waals surface area contributed by atoms with Gasteiger partial charge in [0.15, 0.2) is 0 Å². The average molecular weight is 317 g/mol. The lowest BCUT2D eigenvalue weighted by atomic mass is 9.92. The second-order valence-corrected chi connectivity index (χ2v) is 6.00. The Hall–Kier alpha value is -1.54. The van der Waals surface area contributed by atoms with Crippen LogP contribution in [0.4, 0.5) is 0 Å². The van der Waals surface area contributed by atoms with Crippen molar-refractivity contribution < 1.29 is 5.11 Å². The molecule has 0 aromatic heterocycles. The molecule has 3 heteroatoms. The van der Waals surface area contributed by atoms with Gasteiger partial charge >= 0.3 is 0 Å². The number of aliphatic hydroxyl groups is 1. The van der Waals surface area contributed by atoms with Crippen LogP contribution in [-0.4, -0.2) is 5.11 Å². The van der Waals surface area contributed by atoms with Crippen molar-refractivity contribution in [3.63, 3.8) is 0 Å². The second kappa shape index (κ2) is 5.69. The fourth-order valence-electron chi connectivity index (χ4n) is 2.67. The highest BCUT2D eigenvalue weighted by atomic mass is 35.5. The smallest absolute Gasteiger partial charge is 0.105 e. The summed E-state index contributed by atoms with van der Waals surface area (Å²) in [6.07, 6.45) is -0.757. The van der Waals surface area contributed by atoms with Gasteiger partial charge in [0.2, 0.25) is 0 Å². The van der Waals surface area contributed by atoms with Crippen LogP contribution in [0.25, 0.3) is 10.8 Å². The van der Waals surface area contributed by atoms with Crippen LogP contribution >= 0.6 is 23.2 Å². The van der Waals surface area contributed by atoms with Crippen molar-refractivity contribution in [3.05, 3.63) is 81.3 Å². The van der Waals surface area contributed by atoms with Gasteiger partial charge in [-0.3, -0.25) is 0 Å². The van der Waals surface area contributed by atoms with Gasteiger partial charge in [-0.15, -0.1) is 0 Å². The fourth-order valence-corrected chi connectivity index (χ4v) is 3.21. The summed E-state index contributed by atoms with van der Waals surface area (Å²) in [5, 5.41) is 14.0. The van der Waals surface area contributed by atoms with E-state index in [0.717, 1.165) is 21.9 Å². The van der Waals surface area contributed by atoms with Gasteiger partial charge in [0.25, 0.3) is 0 Å². The molecule has 0 saturated heterocycles. The highest BCUT2D eigenvalue weighted by Gasteiger charge is 2.17. The van der Waals surface area contributed by atoms with Crippen molar-refractivity contribution in [2.45, 2.75) is 13.0 Å². The minimum atomic E-state index is -0.757. The molecular formula is C18H14Cl2O. The number of hydrogen-bond acceptors (Lipinski definition) is 1. The van der Waals surface area contributed by atoms with Gasteiger partial charge in [0.1, 0.15) is 6.10 Å². The van der Waals surface area contributed by atoms with E-state index in [4.69, 9.17) is 23.2 Å². The van der Waals surface area contributed by atoms with E-state index in [2.05, 4.69) is 6.07 Å². The van der Waals surface area contributed by atoms with Crippen molar-refractivity contribution in [1.29, 1.82) is 0 Å². The van der Waals surface area contributed by atoms with Crippen molar-refractivity contribution >= 4 is 34.0 Å². The van der Waals surface area contributed by atoms with E-state index in [1.54, 1.807) is 18.2 Å². The fraction of sp³-hybridized carbons (Fsp3) is 0.111. The second-order valence-electron chi connectivity index (χ2n) is 5.12. The summed E-state index contributed by atoms with van der Waals surface area (Å²) in [6.45, 7) is 2.00. The van der Waals surface area contributed by atoms with Crippen molar-refractivity contribution in [2.75, 3.05) is 0 Å². The number of benzene rings is 3. The van der Waals surface area contributed by atoms with Crippen molar-refractivity contribution in [3.8, 4) is 0 Å². The number of hydrogen-bond donors (Lipinski definition) is 1. The molecule has 21 heavy (non-hydrogen) atoms. The molecule has 0 amide bonds. The monoisotopic (exact) mass is 316 g/mol. The Morgan fingerprint density at radius 3 is 2.29 bits per heavy atom. The molecule has 106 valence electrons. The molecule has 0 fully saturated rings. The summed E-state index contributed by atoms with van der Waals surface area (Å²) < 4.78 is 0. The number of fused-ring (bicyclic) bond motifs is 1. The molecule has 1 unspecified atom stereocenters. The van der Waals surface area contributed by atoms with E-state index in [1.807, 2.05) is 37.3 Å². The van der Waals surface area contributed by atoms with Crippen LogP contribution in [0.5, 0.6) is 0 Å². The summed E-state index contributed by atoms with van der Waals surface area (Å²) in [4.78, 5) is 0. The van der Waals surface area contributed by atoms with Gasteiger partial charge in [0.05, 0.1) is 0 Å². The van der Waals surface area contributed by atoms with Gasteiger partial charge in [-0.05, 0) is 52.6 Å². The third kappa shape index (κ3) is 2.77. The third-order valence-corrected chi connectivity index (χ3v) is 4.10. The van der Waals surface area contributed by atoms with Gasteiger partial charge in [-0.2, -0.15) is 0 Å². The molecule has 0 spiro atoms. The molecule has 0 aliphatic heterocycles. The first-order valence-electron chi connectivity index (χ1n) is 6.68. The lowest BCUT2D eigenvalue weighted by Gasteiger charge is -2.17. The van der Waals surface area contributed by atoms with Crippen LogP contribution in [0.1, 0.15) is 22.8 Å². The van der Waals surface area contributed by atoms with Gasteiger partial charge < -0.3 is 5.11 Å². The van der Waals surface area contributed by atoms with E-state index in [1.165, 1.54) is 0 Å². The lowest BCUT2D eigenvalue weighted by Crippen LogP contribution is -2.03. The molecule has 3 aromatic rings. The Labute approximate surface area is 133 Å². The summed E-state index contributed by atoms with van der Waals surface area (Å²) in [7, 11) is 0. The minimum Gasteiger partial charge on any atom is -0.384 e. The molecule has 0 heterocycles. The van der Waals surface area contributed by atoms with Crippen LogP contribution in [0.2, 0.25) is 10.0 Å². The summed E-state index contributed by atoms with van der Waals surface area (Å²) in [6, 6.07) is 17.3. The predicted molar refractivity (Wildman–Crippen MR) is 89.2 cm³/mol. The Morgan fingerprint density at radius 1 is 0.905 bits per heavy atom. The molecular weight excluding hydrogens is 303 g/mol. The normalized spacial score (nSPS) is 12.6. The molecule has 1 N–H and O–H groups in total. The van der Waals surface area contributed by atoms with Gasteiger partial charge in [-0.25, -0.2) is 0 Å². The number of aryl methyl sites for hydroxylation is 1. The van der Waals surface area contributed by atoms with Gasteiger partial charge in [0, 0.05) is 10.0 Å². The van der Waals surface area contributed by atoms with E-state index in [-0.39, 0.29) is 0 Å². The van der Waals surface area contributed by atoms with E-state index in [0.29, 0.717) is 15.6 Å².